The molecule has 2 saturated heterocycles. The molecular weight excluding hydrogens is 204 g/mol. The van der Waals surface area contributed by atoms with Crippen LogP contribution in [0.2, 0.25) is 0 Å². The van der Waals surface area contributed by atoms with Crippen LogP contribution >= 0.6 is 0 Å². The van der Waals surface area contributed by atoms with Crippen molar-refractivity contribution in [3.05, 3.63) is 12.3 Å². The molecule has 1 aromatic heterocycles. The van der Waals surface area contributed by atoms with Gasteiger partial charge in [-0.2, -0.15) is 4.98 Å². The Labute approximate surface area is 94.8 Å². The van der Waals surface area contributed by atoms with Gasteiger partial charge in [0, 0.05) is 37.9 Å². The van der Waals surface area contributed by atoms with Crippen molar-refractivity contribution in [2.24, 2.45) is 5.92 Å². The van der Waals surface area contributed by atoms with Gasteiger partial charge in [-0.25, -0.2) is 4.98 Å². The molecule has 0 spiro atoms. The molecule has 16 heavy (non-hydrogen) atoms. The maximum absolute atomic E-state index is 5.13. The molecule has 0 saturated carbocycles. The van der Waals surface area contributed by atoms with E-state index in [-0.39, 0.29) is 0 Å². The zero-order chi connectivity index (χ0) is 11.0. The van der Waals surface area contributed by atoms with Crippen LogP contribution in [-0.2, 0) is 0 Å². The molecule has 3 rings (SSSR count). The Morgan fingerprint density at radius 2 is 2.44 bits per heavy atom. The fourth-order valence-corrected chi connectivity index (χ4v) is 2.68. The monoisotopic (exact) mass is 220 g/mol. The number of hydrogen-bond acceptors (Lipinski definition) is 5. The summed E-state index contributed by atoms with van der Waals surface area (Å²) in [4.78, 5) is 11.0. The summed E-state index contributed by atoms with van der Waals surface area (Å²) in [5.74, 6) is 2.20. The number of aromatic nitrogens is 2. The number of hydrogen-bond donors (Lipinski definition) is 1. The molecule has 2 atom stereocenters. The van der Waals surface area contributed by atoms with Gasteiger partial charge in [-0.1, -0.05) is 0 Å². The summed E-state index contributed by atoms with van der Waals surface area (Å²) in [6.07, 6.45) is 3.00. The van der Waals surface area contributed by atoms with Crippen LogP contribution in [0.5, 0.6) is 5.88 Å². The minimum Gasteiger partial charge on any atom is -0.481 e. The summed E-state index contributed by atoms with van der Waals surface area (Å²) in [6, 6.07) is 2.34. The van der Waals surface area contributed by atoms with Gasteiger partial charge >= 0.3 is 0 Å². The van der Waals surface area contributed by atoms with Crippen LogP contribution in [0.15, 0.2) is 12.3 Å². The van der Waals surface area contributed by atoms with Crippen molar-refractivity contribution in [3.8, 4) is 5.88 Å². The Morgan fingerprint density at radius 3 is 3.31 bits per heavy atom. The molecule has 86 valence electrons. The third-order valence-electron chi connectivity index (χ3n) is 3.53. The molecule has 3 heterocycles. The quantitative estimate of drug-likeness (QED) is 0.776. The van der Waals surface area contributed by atoms with Crippen LogP contribution < -0.4 is 15.0 Å². The molecule has 2 aliphatic heterocycles. The van der Waals surface area contributed by atoms with Crippen LogP contribution in [-0.4, -0.2) is 42.8 Å². The molecule has 2 aliphatic rings. The smallest absolute Gasteiger partial charge is 0.228 e. The Kier molecular flexibility index (Phi) is 2.40. The highest BCUT2D eigenvalue weighted by Gasteiger charge is 2.38. The van der Waals surface area contributed by atoms with E-state index in [0.29, 0.717) is 11.9 Å². The van der Waals surface area contributed by atoms with Gasteiger partial charge in [0.1, 0.15) is 0 Å². The van der Waals surface area contributed by atoms with Crippen LogP contribution in [0.4, 0.5) is 5.95 Å². The lowest BCUT2D eigenvalue weighted by Gasteiger charge is -2.23. The SMILES string of the molecule is COc1ccnc(N2CC[C@H]3CNC[C@H]32)n1. The van der Waals surface area contributed by atoms with E-state index in [4.69, 9.17) is 4.74 Å². The van der Waals surface area contributed by atoms with Crippen LogP contribution in [0.3, 0.4) is 0 Å². The third-order valence-corrected chi connectivity index (χ3v) is 3.53. The van der Waals surface area contributed by atoms with E-state index < -0.39 is 0 Å². The van der Waals surface area contributed by atoms with Gasteiger partial charge in [0.2, 0.25) is 11.8 Å². The largest absolute Gasteiger partial charge is 0.481 e. The lowest BCUT2D eigenvalue weighted by Crippen LogP contribution is -2.35. The summed E-state index contributed by atoms with van der Waals surface area (Å²) in [6.45, 7) is 3.24. The first-order valence-electron chi connectivity index (χ1n) is 5.73. The average Bonchev–Trinajstić information content (AvgIpc) is 2.90. The van der Waals surface area contributed by atoms with E-state index in [9.17, 15) is 0 Å². The number of nitrogens with zero attached hydrogens (tertiary/aromatic N) is 3. The molecule has 5 nitrogen and oxygen atoms in total. The van der Waals surface area contributed by atoms with Crippen molar-refractivity contribution in [2.75, 3.05) is 31.6 Å². The van der Waals surface area contributed by atoms with E-state index in [1.165, 1.54) is 6.42 Å². The van der Waals surface area contributed by atoms with Gasteiger partial charge in [-0.3, -0.25) is 0 Å². The molecule has 0 amide bonds. The molecule has 5 heteroatoms. The summed E-state index contributed by atoms with van der Waals surface area (Å²) in [5, 5.41) is 3.42. The molecule has 0 bridgehead atoms. The maximum atomic E-state index is 5.13. The van der Waals surface area contributed by atoms with Crippen LogP contribution in [0.25, 0.3) is 0 Å². The van der Waals surface area contributed by atoms with Gasteiger partial charge in [-0.15, -0.1) is 0 Å². The highest BCUT2D eigenvalue weighted by molar-refractivity contribution is 5.36. The third kappa shape index (κ3) is 1.51. The first kappa shape index (κ1) is 9.84. The predicted octanol–water partition coefficient (Wildman–Crippen LogP) is 0.283. The van der Waals surface area contributed by atoms with Gasteiger partial charge in [-0.05, 0) is 12.3 Å². The Balaban J connectivity index is 1.86. The number of nitrogens with one attached hydrogen (secondary N) is 1. The fraction of sp³-hybridized carbons (Fsp3) is 0.636. The topological polar surface area (TPSA) is 50.3 Å². The molecular formula is C11H16N4O. The summed E-state index contributed by atoms with van der Waals surface area (Å²) in [5.41, 5.74) is 0. The number of methoxy groups -OCH3 is 1. The first-order valence-corrected chi connectivity index (χ1v) is 5.73. The molecule has 1 N–H and O–H groups in total. The fourth-order valence-electron chi connectivity index (χ4n) is 2.68. The molecule has 0 radical (unpaired) electrons. The van der Waals surface area contributed by atoms with Crippen molar-refractivity contribution in [1.29, 1.82) is 0 Å². The van der Waals surface area contributed by atoms with Crippen molar-refractivity contribution >= 4 is 5.95 Å². The second-order valence-electron chi connectivity index (χ2n) is 4.37. The number of rotatable bonds is 2. The zero-order valence-electron chi connectivity index (χ0n) is 9.39. The van der Waals surface area contributed by atoms with Crippen molar-refractivity contribution in [3.63, 3.8) is 0 Å². The average molecular weight is 220 g/mol. The van der Waals surface area contributed by atoms with Crippen LogP contribution in [0.1, 0.15) is 6.42 Å². The molecule has 2 fully saturated rings. The lowest BCUT2D eigenvalue weighted by molar-refractivity contribution is 0.396. The van der Waals surface area contributed by atoms with E-state index >= 15 is 0 Å². The molecule has 1 aromatic rings. The summed E-state index contributed by atoms with van der Waals surface area (Å²) < 4.78 is 5.13. The molecule has 0 aromatic carbocycles. The minimum absolute atomic E-state index is 0.562. The van der Waals surface area contributed by atoms with E-state index in [0.717, 1.165) is 31.5 Å². The molecule has 0 unspecified atom stereocenters. The van der Waals surface area contributed by atoms with Gasteiger partial charge in [0.15, 0.2) is 0 Å². The zero-order valence-corrected chi connectivity index (χ0v) is 9.39. The second-order valence-corrected chi connectivity index (χ2v) is 4.37. The summed E-state index contributed by atoms with van der Waals surface area (Å²) >= 11 is 0. The van der Waals surface area contributed by atoms with E-state index in [1.54, 1.807) is 19.4 Å². The van der Waals surface area contributed by atoms with E-state index in [2.05, 4.69) is 20.2 Å². The number of ether oxygens (including phenoxy) is 1. The number of anilines is 1. The highest BCUT2D eigenvalue weighted by Crippen LogP contribution is 2.30. The van der Waals surface area contributed by atoms with Gasteiger partial charge < -0.3 is 15.0 Å². The van der Waals surface area contributed by atoms with Crippen molar-refractivity contribution in [2.45, 2.75) is 12.5 Å². The summed E-state index contributed by atoms with van der Waals surface area (Å²) in [7, 11) is 1.63. The standard InChI is InChI=1S/C11H16N4O/c1-16-10-2-4-13-11(14-10)15-5-3-8-6-12-7-9(8)15/h2,4,8-9,12H,3,5-7H2,1H3/t8-,9+/m0/s1. The highest BCUT2D eigenvalue weighted by atomic mass is 16.5. The lowest BCUT2D eigenvalue weighted by atomic mass is 10.1. The normalized spacial score (nSPS) is 28.2. The Hall–Kier alpha value is -1.36. The van der Waals surface area contributed by atoms with Gasteiger partial charge in [0.05, 0.1) is 7.11 Å². The van der Waals surface area contributed by atoms with Crippen molar-refractivity contribution < 1.29 is 4.74 Å². The van der Waals surface area contributed by atoms with Gasteiger partial charge in [0.25, 0.3) is 0 Å². The Morgan fingerprint density at radius 1 is 1.50 bits per heavy atom. The number of fused-ring (bicyclic) bond motifs is 1. The van der Waals surface area contributed by atoms with E-state index in [1.807, 2.05) is 0 Å². The first-order chi connectivity index (χ1) is 7.88. The van der Waals surface area contributed by atoms with Crippen LogP contribution in [0, 0.1) is 5.92 Å². The maximum Gasteiger partial charge on any atom is 0.228 e. The molecule has 0 aliphatic carbocycles. The predicted molar refractivity (Wildman–Crippen MR) is 60.7 cm³/mol. The van der Waals surface area contributed by atoms with Crippen molar-refractivity contribution in [1.82, 2.24) is 15.3 Å². The minimum atomic E-state index is 0.562. The Bertz CT molecular complexity index is 384. The second kappa shape index (κ2) is 3.90.